The van der Waals surface area contributed by atoms with Crippen LogP contribution in [0.5, 0.6) is 0 Å². The van der Waals surface area contributed by atoms with Crippen LogP contribution in [0.2, 0.25) is 0 Å². The zero-order valence-electron chi connectivity index (χ0n) is 8.96. The molecule has 90 valence electrons. The Morgan fingerprint density at radius 1 is 1.31 bits per heavy atom. The monoisotopic (exact) mass is 228 g/mol. The van der Waals surface area contributed by atoms with Gasteiger partial charge in [0, 0.05) is 12.3 Å². The Hall–Kier alpha value is -0.650. The molecule has 0 bridgehead atoms. The molecule has 3 fully saturated rings. The maximum absolute atomic E-state index is 11.4. The Morgan fingerprint density at radius 3 is 2.88 bits per heavy atom. The SMILES string of the molecule is O=C1CC2CCC[C@@H]3CC(O)OC(O1)C23O. The molecule has 4 unspecified atom stereocenters. The minimum atomic E-state index is -1.08. The summed E-state index contributed by atoms with van der Waals surface area (Å²) in [5.41, 5.74) is -1.08. The van der Waals surface area contributed by atoms with Crippen molar-refractivity contribution in [2.75, 3.05) is 0 Å². The number of carbonyl (C=O) groups excluding carboxylic acids is 1. The number of hydrogen-bond donors (Lipinski definition) is 2. The third-order valence-electron chi connectivity index (χ3n) is 4.21. The van der Waals surface area contributed by atoms with Gasteiger partial charge in [0.2, 0.25) is 6.29 Å². The lowest BCUT2D eigenvalue weighted by Crippen LogP contribution is -2.65. The van der Waals surface area contributed by atoms with Gasteiger partial charge in [-0.2, -0.15) is 0 Å². The van der Waals surface area contributed by atoms with Gasteiger partial charge in [-0.25, -0.2) is 0 Å². The Morgan fingerprint density at radius 2 is 2.06 bits per heavy atom. The molecule has 16 heavy (non-hydrogen) atoms. The quantitative estimate of drug-likeness (QED) is 0.577. The lowest BCUT2D eigenvalue weighted by Gasteiger charge is -2.54. The van der Waals surface area contributed by atoms with Crippen molar-refractivity contribution in [1.82, 2.24) is 0 Å². The Labute approximate surface area is 93.3 Å². The second kappa shape index (κ2) is 3.42. The van der Waals surface area contributed by atoms with Gasteiger partial charge in [0.05, 0.1) is 6.42 Å². The average Bonchev–Trinajstić information content (AvgIpc) is 2.20. The van der Waals surface area contributed by atoms with Gasteiger partial charge >= 0.3 is 5.97 Å². The lowest BCUT2D eigenvalue weighted by molar-refractivity contribution is -0.356. The minimum absolute atomic E-state index is 0.0203. The van der Waals surface area contributed by atoms with Crippen molar-refractivity contribution in [3.63, 3.8) is 0 Å². The number of rotatable bonds is 0. The van der Waals surface area contributed by atoms with Crippen LogP contribution < -0.4 is 0 Å². The van der Waals surface area contributed by atoms with Crippen molar-refractivity contribution >= 4 is 5.97 Å². The van der Waals surface area contributed by atoms with Crippen LogP contribution in [0.25, 0.3) is 0 Å². The molecule has 2 saturated heterocycles. The van der Waals surface area contributed by atoms with Gasteiger partial charge in [0.25, 0.3) is 0 Å². The summed E-state index contributed by atoms with van der Waals surface area (Å²) in [5, 5.41) is 20.2. The van der Waals surface area contributed by atoms with Crippen LogP contribution in [-0.2, 0) is 14.3 Å². The van der Waals surface area contributed by atoms with Crippen molar-refractivity contribution in [3.8, 4) is 0 Å². The number of esters is 1. The fourth-order valence-electron chi connectivity index (χ4n) is 3.40. The highest BCUT2D eigenvalue weighted by molar-refractivity contribution is 5.71. The van der Waals surface area contributed by atoms with Crippen LogP contribution in [0.3, 0.4) is 0 Å². The standard InChI is InChI=1S/C11H16O5/c12-8-4-6-2-1-3-7-5-9(13)16-10(15-8)11(6,7)14/h6-8,10,12,14H,1-5H2/t6-,7?,8?,10?,11?/m1/s1. The van der Waals surface area contributed by atoms with E-state index in [0.717, 1.165) is 19.3 Å². The molecule has 0 aromatic heterocycles. The van der Waals surface area contributed by atoms with Gasteiger partial charge < -0.3 is 19.7 Å². The summed E-state index contributed by atoms with van der Waals surface area (Å²) in [6, 6.07) is 0. The molecule has 1 aliphatic carbocycles. The Bertz CT molecular complexity index is 317. The van der Waals surface area contributed by atoms with Crippen molar-refractivity contribution in [2.45, 2.75) is 50.3 Å². The van der Waals surface area contributed by atoms with E-state index in [4.69, 9.17) is 9.47 Å². The first-order chi connectivity index (χ1) is 7.60. The second-order valence-corrected chi connectivity index (χ2v) is 5.06. The predicted octanol–water partition coefficient (Wildman–Crippen LogP) is 0.145. The largest absolute Gasteiger partial charge is 0.432 e. The summed E-state index contributed by atoms with van der Waals surface area (Å²) in [6.07, 6.45) is 1.47. The zero-order valence-corrected chi connectivity index (χ0v) is 8.96. The summed E-state index contributed by atoms with van der Waals surface area (Å²) >= 11 is 0. The van der Waals surface area contributed by atoms with E-state index in [2.05, 4.69) is 0 Å². The van der Waals surface area contributed by atoms with Gasteiger partial charge in [-0.15, -0.1) is 0 Å². The molecule has 3 aliphatic rings. The van der Waals surface area contributed by atoms with E-state index in [1.807, 2.05) is 0 Å². The first-order valence-electron chi connectivity index (χ1n) is 5.86. The van der Waals surface area contributed by atoms with E-state index in [1.165, 1.54) is 0 Å². The highest BCUT2D eigenvalue weighted by atomic mass is 16.8. The molecule has 3 rings (SSSR count). The van der Waals surface area contributed by atoms with E-state index in [9.17, 15) is 15.0 Å². The van der Waals surface area contributed by atoms with Crippen molar-refractivity contribution in [3.05, 3.63) is 0 Å². The summed E-state index contributed by atoms with van der Waals surface area (Å²) in [6.45, 7) is 0. The molecule has 5 heteroatoms. The Balaban J connectivity index is 1.95. The first-order valence-corrected chi connectivity index (χ1v) is 5.86. The molecule has 0 spiro atoms. The fourth-order valence-corrected chi connectivity index (χ4v) is 3.40. The summed E-state index contributed by atoms with van der Waals surface area (Å²) in [4.78, 5) is 11.4. The molecule has 5 nitrogen and oxygen atoms in total. The molecule has 2 heterocycles. The number of aliphatic hydroxyl groups excluding tert-OH is 1. The van der Waals surface area contributed by atoms with Gasteiger partial charge in [-0.05, 0) is 18.8 Å². The van der Waals surface area contributed by atoms with Crippen molar-refractivity contribution < 1.29 is 24.5 Å². The lowest BCUT2D eigenvalue weighted by atomic mass is 9.63. The number of carbonyl (C=O) groups is 1. The highest BCUT2D eigenvalue weighted by Crippen LogP contribution is 2.50. The minimum Gasteiger partial charge on any atom is -0.432 e. The molecule has 0 radical (unpaired) electrons. The van der Waals surface area contributed by atoms with Crippen LogP contribution in [0.1, 0.15) is 32.1 Å². The average molecular weight is 228 g/mol. The summed E-state index contributed by atoms with van der Waals surface area (Å²) in [5.74, 6) is -0.437. The van der Waals surface area contributed by atoms with Gasteiger partial charge in [-0.3, -0.25) is 4.79 Å². The molecular formula is C11H16O5. The van der Waals surface area contributed by atoms with E-state index in [-0.39, 0.29) is 24.2 Å². The number of aliphatic hydroxyl groups is 2. The molecule has 0 amide bonds. The second-order valence-electron chi connectivity index (χ2n) is 5.06. The third kappa shape index (κ3) is 1.31. The summed E-state index contributed by atoms with van der Waals surface area (Å²) < 4.78 is 10.2. The van der Waals surface area contributed by atoms with E-state index >= 15 is 0 Å². The van der Waals surface area contributed by atoms with Crippen LogP contribution in [0.4, 0.5) is 0 Å². The third-order valence-corrected chi connectivity index (χ3v) is 4.21. The molecular weight excluding hydrogens is 212 g/mol. The zero-order chi connectivity index (χ0) is 11.3. The van der Waals surface area contributed by atoms with Gasteiger partial charge in [0.1, 0.15) is 5.60 Å². The van der Waals surface area contributed by atoms with Crippen LogP contribution in [0.15, 0.2) is 0 Å². The normalized spacial score (nSPS) is 51.8. The van der Waals surface area contributed by atoms with E-state index < -0.39 is 18.2 Å². The Kier molecular flexibility index (Phi) is 2.24. The fraction of sp³-hybridized carbons (Fsp3) is 0.909. The van der Waals surface area contributed by atoms with Crippen LogP contribution in [-0.4, -0.2) is 34.4 Å². The van der Waals surface area contributed by atoms with Crippen LogP contribution in [0, 0.1) is 11.8 Å². The summed E-state index contributed by atoms with van der Waals surface area (Å²) in [7, 11) is 0. The van der Waals surface area contributed by atoms with Gasteiger partial charge in [-0.1, -0.05) is 6.42 Å². The molecule has 0 aromatic carbocycles. The van der Waals surface area contributed by atoms with Crippen molar-refractivity contribution in [1.29, 1.82) is 0 Å². The topological polar surface area (TPSA) is 76.0 Å². The van der Waals surface area contributed by atoms with E-state index in [1.54, 1.807) is 0 Å². The molecule has 0 aromatic rings. The molecule has 2 N–H and O–H groups in total. The molecule has 1 saturated carbocycles. The first kappa shape index (κ1) is 10.5. The van der Waals surface area contributed by atoms with E-state index in [0.29, 0.717) is 6.42 Å². The highest BCUT2D eigenvalue weighted by Gasteiger charge is 2.60. The van der Waals surface area contributed by atoms with Gasteiger partial charge in [0.15, 0.2) is 6.29 Å². The number of hydrogen-bond acceptors (Lipinski definition) is 5. The molecule has 5 atom stereocenters. The smallest absolute Gasteiger partial charge is 0.308 e. The van der Waals surface area contributed by atoms with Crippen molar-refractivity contribution in [2.24, 2.45) is 11.8 Å². The molecule has 2 aliphatic heterocycles. The maximum atomic E-state index is 11.4. The maximum Gasteiger partial charge on any atom is 0.308 e. The number of ether oxygens (including phenoxy) is 2. The predicted molar refractivity (Wildman–Crippen MR) is 52.0 cm³/mol. The van der Waals surface area contributed by atoms with Crippen LogP contribution >= 0.6 is 0 Å².